The van der Waals surface area contributed by atoms with Crippen LogP contribution in [0, 0.1) is 10.1 Å². The number of nitro benzene ring substituents is 1. The Morgan fingerprint density at radius 2 is 1.96 bits per heavy atom. The average Bonchev–Trinajstić information content (AvgIpc) is 2.96. The molecule has 7 heteroatoms. The zero-order valence-corrected chi connectivity index (χ0v) is 12.6. The molecular weight excluding hydrogens is 312 g/mol. The fraction of sp³-hybridized carbons (Fsp3) is 0.0588. The number of carbonyl (C=O) groups excluding carboxylic acids is 1. The first-order valence-corrected chi connectivity index (χ1v) is 6.99. The van der Waals surface area contributed by atoms with Gasteiger partial charge in [-0.3, -0.25) is 10.1 Å². The van der Waals surface area contributed by atoms with Crippen LogP contribution in [0.25, 0.3) is 6.08 Å². The summed E-state index contributed by atoms with van der Waals surface area (Å²) in [6.07, 6.45) is 1.44. The number of rotatable bonds is 4. The molecule has 3 rings (SSSR count). The lowest BCUT2D eigenvalue weighted by Gasteiger charge is -2.02. The number of carbonyl (C=O) groups is 1. The van der Waals surface area contributed by atoms with Gasteiger partial charge in [0.25, 0.3) is 0 Å². The minimum Gasteiger partial charge on any atom is -0.490 e. The number of ether oxygens (including phenoxy) is 2. The summed E-state index contributed by atoms with van der Waals surface area (Å²) in [6.45, 7) is 0. The molecule has 2 aromatic rings. The Bertz CT molecular complexity index is 872. The monoisotopic (exact) mass is 324 g/mol. The van der Waals surface area contributed by atoms with E-state index in [-0.39, 0.29) is 23.0 Å². The molecule has 120 valence electrons. The van der Waals surface area contributed by atoms with Gasteiger partial charge in [0, 0.05) is 11.6 Å². The number of hydrogen-bond acceptors (Lipinski definition) is 6. The van der Waals surface area contributed by atoms with Gasteiger partial charge >= 0.3 is 11.7 Å². The molecule has 0 aromatic heterocycles. The van der Waals surface area contributed by atoms with Crippen LogP contribution in [-0.2, 0) is 9.53 Å². The maximum atomic E-state index is 11.9. The highest BCUT2D eigenvalue weighted by atomic mass is 16.6. The van der Waals surface area contributed by atoms with Crippen molar-refractivity contribution in [2.75, 3.05) is 7.11 Å². The van der Waals surface area contributed by atoms with E-state index in [1.165, 1.54) is 25.3 Å². The van der Waals surface area contributed by atoms with Gasteiger partial charge < -0.3 is 9.47 Å². The normalized spacial score (nSPS) is 15.1. The van der Waals surface area contributed by atoms with Crippen LogP contribution < -0.4 is 4.74 Å². The second-order valence-corrected chi connectivity index (χ2v) is 4.89. The Morgan fingerprint density at radius 3 is 2.62 bits per heavy atom. The van der Waals surface area contributed by atoms with E-state index in [1.54, 1.807) is 30.3 Å². The zero-order chi connectivity index (χ0) is 17.1. The van der Waals surface area contributed by atoms with Crippen molar-refractivity contribution in [2.24, 2.45) is 4.99 Å². The summed E-state index contributed by atoms with van der Waals surface area (Å²) in [5, 5.41) is 11.1. The Balaban J connectivity index is 1.97. The van der Waals surface area contributed by atoms with Crippen molar-refractivity contribution >= 4 is 23.6 Å². The van der Waals surface area contributed by atoms with Gasteiger partial charge in [-0.15, -0.1) is 0 Å². The van der Waals surface area contributed by atoms with E-state index in [0.717, 1.165) is 0 Å². The van der Waals surface area contributed by atoms with Crippen molar-refractivity contribution in [3.05, 3.63) is 75.5 Å². The SMILES string of the molecule is COc1ccc(/C=C2/N=C(c3ccccc3)OC2=O)cc1[N+](=O)[O-]. The molecule has 0 saturated heterocycles. The topological polar surface area (TPSA) is 91.0 Å². The first-order valence-electron chi connectivity index (χ1n) is 6.99. The molecule has 7 nitrogen and oxygen atoms in total. The Morgan fingerprint density at radius 1 is 1.21 bits per heavy atom. The molecular formula is C17H12N2O5. The first-order chi connectivity index (χ1) is 11.6. The van der Waals surface area contributed by atoms with Gasteiger partial charge in [0.15, 0.2) is 11.4 Å². The summed E-state index contributed by atoms with van der Waals surface area (Å²) in [4.78, 5) is 26.6. The molecule has 24 heavy (non-hydrogen) atoms. The number of nitro groups is 1. The highest BCUT2D eigenvalue weighted by Crippen LogP contribution is 2.29. The molecule has 2 aromatic carbocycles. The van der Waals surface area contributed by atoms with Gasteiger partial charge in [-0.05, 0) is 29.8 Å². The van der Waals surface area contributed by atoms with E-state index in [2.05, 4.69) is 4.99 Å². The van der Waals surface area contributed by atoms with Crippen LogP contribution in [0.5, 0.6) is 5.75 Å². The predicted octanol–water partition coefficient (Wildman–Crippen LogP) is 2.95. The minimum absolute atomic E-state index is 0.0771. The molecule has 0 unspecified atom stereocenters. The van der Waals surface area contributed by atoms with Crippen LogP contribution in [0.15, 0.2) is 59.2 Å². The van der Waals surface area contributed by atoms with E-state index in [1.807, 2.05) is 6.07 Å². The van der Waals surface area contributed by atoms with E-state index < -0.39 is 10.9 Å². The van der Waals surface area contributed by atoms with Crippen LogP contribution in [0.3, 0.4) is 0 Å². The van der Waals surface area contributed by atoms with Crippen molar-refractivity contribution in [3.63, 3.8) is 0 Å². The third-order valence-corrected chi connectivity index (χ3v) is 3.34. The van der Waals surface area contributed by atoms with Crippen molar-refractivity contribution in [2.45, 2.75) is 0 Å². The quantitative estimate of drug-likeness (QED) is 0.373. The second-order valence-electron chi connectivity index (χ2n) is 4.89. The van der Waals surface area contributed by atoms with Crippen molar-refractivity contribution in [1.29, 1.82) is 0 Å². The summed E-state index contributed by atoms with van der Waals surface area (Å²) in [5.74, 6) is -0.258. The van der Waals surface area contributed by atoms with Crippen molar-refractivity contribution in [3.8, 4) is 5.75 Å². The van der Waals surface area contributed by atoms with Crippen molar-refractivity contribution < 1.29 is 19.2 Å². The van der Waals surface area contributed by atoms with Crippen LogP contribution in [-0.4, -0.2) is 23.9 Å². The molecule has 1 aliphatic rings. The van der Waals surface area contributed by atoms with Gasteiger partial charge in [0.2, 0.25) is 5.90 Å². The highest BCUT2D eigenvalue weighted by molar-refractivity contribution is 6.12. The molecule has 0 fully saturated rings. The zero-order valence-electron chi connectivity index (χ0n) is 12.6. The average molecular weight is 324 g/mol. The fourth-order valence-corrected chi connectivity index (χ4v) is 2.21. The summed E-state index contributed by atoms with van der Waals surface area (Å²) in [7, 11) is 1.35. The lowest BCUT2D eigenvalue weighted by Crippen LogP contribution is -2.04. The van der Waals surface area contributed by atoms with Gasteiger partial charge in [-0.2, -0.15) is 0 Å². The summed E-state index contributed by atoms with van der Waals surface area (Å²) < 4.78 is 10.1. The third-order valence-electron chi connectivity index (χ3n) is 3.34. The highest BCUT2D eigenvalue weighted by Gasteiger charge is 2.24. The molecule has 0 bridgehead atoms. The molecule has 1 aliphatic heterocycles. The standard InChI is InChI=1S/C17H12N2O5/c1-23-15-8-7-11(10-14(15)19(21)22)9-13-17(20)24-16(18-13)12-5-3-2-4-6-12/h2-10H,1H3/b13-9+. The van der Waals surface area contributed by atoms with E-state index >= 15 is 0 Å². The Labute approximate surface area is 137 Å². The van der Waals surface area contributed by atoms with Crippen LogP contribution >= 0.6 is 0 Å². The van der Waals surface area contributed by atoms with Crippen molar-refractivity contribution in [1.82, 2.24) is 0 Å². The van der Waals surface area contributed by atoms with Gasteiger partial charge in [0.1, 0.15) is 0 Å². The summed E-state index contributed by atoms with van der Waals surface area (Å²) >= 11 is 0. The maximum Gasteiger partial charge on any atom is 0.363 e. The van der Waals surface area contributed by atoms with Crippen LogP contribution in [0.4, 0.5) is 5.69 Å². The molecule has 0 radical (unpaired) electrons. The fourth-order valence-electron chi connectivity index (χ4n) is 2.21. The number of cyclic esters (lactones) is 1. The van der Waals surface area contributed by atoms with Gasteiger partial charge in [-0.25, -0.2) is 9.79 Å². The number of aliphatic imine (C=N–C) groups is 1. The van der Waals surface area contributed by atoms with E-state index in [4.69, 9.17) is 9.47 Å². The summed E-state index contributed by atoms with van der Waals surface area (Å²) in [6, 6.07) is 13.4. The second kappa shape index (κ2) is 6.33. The van der Waals surface area contributed by atoms with Gasteiger partial charge in [-0.1, -0.05) is 24.3 Å². The number of methoxy groups -OCH3 is 1. The lowest BCUT2D eigenvalue weighted by atomic mass is 10.1. The van der Waals surface area contributed by atoms with E-state index in [9.17, 15) is 14.9 Å². The Kier molecular flexibility index (Phi) is 4.07. The van der Waals surface area contributed by atoms with Gasteiger partial charge in [0.05, 0.1) is 12.0 Å². The number of hydrogen-bond donors (Lipinski definition) is 0. The predicted molar refractivity (Wildman–Crippen MR) is 86.7 cm³/mol. The molecule has 0 atom stereocenters. The largest absolute Gasteiger partial charge is 0.490 e. The number of esters is 1. The minimum atomic E-state index is -0.604. The molecule has 0 spiro atoms. The molecule has 0 saturated carbocycles. The molecule has 0 amide bonds. The van der Waals surface area contributed by atoms with Crippen LogP contribution in [0.2, 0.25) is 0 Å². The number of nitrogens with zero attached hydrogens (tertiary/aromatic N) is 2. The molecule has 0 N–H and O–H groups in total. The number of benzene rings is 2. The van der Waals surface area contributed by atoms with E-state index in [0.29, 0.717) is 11.1 Å². The summed E-state index contributed by atoms with van der Waals surface area (Å²) in [5.41, 5.74) is 1.02. The Hall–Kier alpha value is -3.48. The first kappa shape index (κ1) is 15.4. The molecule has 0 aliphatic carbocycles. The third kappa shape index (κ3) is 3.00. The smallest absolute Gasteiger partial charge is 0.363 e. The molecule has 1 heterocycles. The lowest BCUT2D eigenvalue weighted by molar-refractivity contribution is -0.385. The van der Waals surface area contributed by atoms with Crippen LogP contribution in [0.1, 0.15) is 11.1 Å². The maximum absolute atomic E-state index is 11.9.